The molecule has 2 aliphatic heterocycles. The van der Waals surface area contributed by atoms with E-state index >= 15 is 0 Å². The molecule has 0 aliphatic carbocycles. The van der Waals surface area contributed by atoms with Gasteiger partial charge in [-0.1, -0.05) is 6.07 Å². The zero-order valence-electron chi connectivity index (χ0n) is 12.4. The third kappa shape index (κ3) is 4.02. The van der Waals surface area contributed by atoms with Crippen molar-refractivity contribution in [3.63, 3.8) is 0 Å². The lowest BCUT2D eigenvalue weighted by Crippen LogP contribution is -2.42. The summed E-state index contributed by atoms with van der Waals surface area (Å²) in [5.41, 5.74) is 0. The van der Waals surface area contributed by atoms with Gasteiger partial charge >= 0.3 is 0 Å². The molecule has 2 amide bonds. The van der Waals surface area contributed by atoms with Gasteiger partial charge < -0.3 is 15.5 Å². The monoisotopic (exact) mass is 339 g/mol. The van der Waals surface area contributed by atoms with E-state index in [1.165, 1.54) is 0 Å². The average molecular weight is 339 g/mol. The predicted molar refractivity (Wildman–Crippen MR) is 90.0 cm³/mol. The molecular weight excluding hydrogens is 318 g/mol. The molecule has 3 rings (SSSR count). The Morgan fingerprint density at radius 2 is 2.36 bits per heavy atom. The van der Waals surface area contributed by atoms with Gasteiger partial charge in [0.2, 0.25) is 11.8 Å². The van der Waals surface area contributed by atoms with Crippen LogP contribution in [0, 0.1) is 5.92 Å². The Balaban J connectivity index is 1.39. The second-order valence-electron chi connectivity index (χ2n) is 5.76. The molecule has 2 atom stereocenters. The lowest BCUT2D eigenvalue weighted by molar-refractivity contribution is -0.131. The summed E-state index contributed by atoms with van der Waals surface area (Å²) in [5.74, 6) is 2.49. The molecule has 0 bridgehead atoms. The van der Waals surface area contributed by atoms with E-state index in [1.54, 1.807) is 11.3 Å². The van der Waals surface area contributed by atoms with E-state index in [2.05, 4.69) is 10.6 Å². The molecule has 7 heteroatoms. The number of nitrogens with one attached hydrogen (secondary N) is 2. The van der Waals surface area contributed by atoms with Crippen molar-refractivity contribution >= 4 is 34.9 Å². The second-order valence-corrected chi connectivity index (χ2v) is 7.87. The van der Waals surface area contributed by atoms with Crippen molar-refractivity contribution in [1.82, 2.24) is 15.5 Å². The Hall–Kier alpha value is -1.05. The molecule has 0 saturated carbocycles. The Morgan fingerprint density at radius 3 is 3.09 bits per heavy atom. The highest BCUT2D eigenvalue weighted by atomic mass is 32.2. The van der Waals surface area contributed by atoms with Crippen molar-refractivity contribution in [1.29, 1.82) is 0 Å². The zero-order valence-corrected chi connectivity index (χ0v) is 14.0. The molecule has 2 aliphatic rings. The van der Waals surface area contributed by atoms with E-state index in [4.69, 9.17) is 0 Å². The second kappa shape index (κ2) is 7.48. The van der Waals surface area contributed by atoms with Crippen LogP contribution in [0.5, 0.6) is 0 Å². The molecule has 1 aromatic heterocycles. The quantitative estimate of drug-likeness (QED) is 0.837. The van der Waals surface area contributed by atoms with Gasteiger partial charge in [-0.25, -0.2) is 0 Å². The summed E-state index contributed by atoms with van der Waals surface area (Å²) in [5, 5.41) is 8.28. The molecule has 2 saturated heterocycles. The maximum absolute atomic E-state index is 12.3. The average Bonchev–Trinajstić information content (AvgIpc) is 3.26. The Bertz CT molecular complexity index is 515. The molecule has 0 spiro atoms. The number of hydrogen-bond acceptors (Lipinski definition) is 5. The van der Waals surface area contributed by atoms with E-state index < -0.39 is 0 Å². The summed E-state index contributed by atoms with van der Waals surface area (Å²) in [7, 11) is 0. The minimum absolute atomic E-state index is 0.0631. The molecule has 0 aromatic carbocycles. The zero-order chi connectivity index (χ0) is 15.4. The molecule has 2 fully saturated rings. The van der Waals surface area contributed by atoms with Gasteiger partial charge in [-0.05, 0) is 23.8 Å². The number of carbonyl (C=O) groups is 2. The van der Waals surface area contributed by atoms with Crippen LogP contribution in [0.1, 0.15) is 11.3 Å². The standard InChI is InChI=1S/C15H21N3O2S2/c19-14(7-12-2-1-4-22-12)17-9-11-6-13(16-8-11)15(20)18-3-5-21-10-18/h1-2,4,11,13,16H,3,5-10H2,(H,17,19)/t11-,13-/m0/s1. The molecule has 0 unspecified atom stereocenters. The minimum Gasteiger partial charge on any atom is -0.355 e. The molecular formula is C15H21N3O2S2. The summed E-state index contributed by atoms with van der Waals surface area (Å²) in [6, 6.07) is 3.86. The summed E-state index contributed by atoms with van der Waals surface area (Å²) < 4.78 is 0. The fraction of sp³-hybridized carbons (Fsp3) is 0.600. The molecule has 1 aromatic rings. The van der Waals surface area contributed by atoms with E-state index in [9.17, 15) is 9.59 Å². The summed E-state index contributed by atoms with van der Waals surface area (Å²) in [6.45, 7) is 2.32. The van der Waals surface area contributed by atoms with Gasteiger partial charge in [0.05, 0.1) is 18.3 Å². The Kier molecular flexibility index (Phi) is 5.38. The first-order valence-corrected chi connectivity index (χ1v) is 9.65. The van der Waals surface area contributed by atoms with Crippen molar-refractivity contribution in [3.05, 3.63) is 22.4 Å². The van der Waals surface area contributed by atoms with Gasteiger partial charge in [0.1, 0.15) is 0 Å². The first-order chi connectivity index (χ1) is 10.7. The van der Waals surface area contributed by atoms with Crippen LogP contribution in [0.15, 0.2) is 17.5 Å². The van der Waals surface area contributed by atoms with E-state index in [-0.39, 0.29) is 17.9 Å². The minimum atomic E-state index is -0.0714. The number of thiophene rings is 1. The topological polar surface area (TPSA) is 61.4 Å². The van der Waals surface area contributed by atoms with Crippen LogP contribution in [-0.2, 0) is 16.0 Å². The van der Waals surface area contributed by atoms with Crippen molar-refractivity contribution in [2.45, 2.75) is 18.9 Å². The van der Waals surface area contributed by atoms with Gasteiger partial charge in [-0.3, -0.25) is 9.59 Å². The summed E-state index contributed by atoms with van der Waals surface area (Å²) in [6.07, 6.45) is 1.27. The fourth-order valence-electron chi connectivity index (χ4n) is 2.85. The number of amides is 2. The maximum Gasteiger partial charge on any atom is 0.240 e. The summed E-state index contributed by atoms with van der Waals surface area (Å²) in [4.78, 5) is 27.2. The number of carbonyl (C=O) groups excluding carboxylic acids is 2. The maximum atomic E-state index is 12.3. The fourth-order valence-corrected chi connectivity index (χ4v) is 4.51. The molecule has 2 N–H and O–H groups in total. The van der Waals surface area contributed by atoms with Crippen molar-refractivity contribution in [2.24, 2.45) is 5.92 Å². The van der Waals surface area contributed by atoms with Gasteiger partial charge in [0.15, 0.2) is 0 Å². The van der Waals surface area contributed by atoms with Crippen LogP contribution in [0.3, 0.4) is 0 Å². The Morgan fingerprint density at radius 1 is 1.45 bits per heavy atom. The molecule has 5 nitrogen and oxygen atoms in total. The van der Waals surface area contributed by atoms with Crippen molar-refractivity contribution in [3.8, 4) is 0 Å². The highest BCUT2D eigenvalue weighted by Crippen LogP contribution is 2.20. The van der Waals surface area contributed by atoms with Crippen LogP contribution in [0.4, 0.5) is 0 Å². The number of thioether (sulfide) groups is 1. The predicted octanol–water partition coefficient (Wildman–Crippen LogP) is 0.918. The third-order valence-corrected chi connectivity index (χ3v) is 5.93. The van der Waals surface area contributed by atoms with Crippen LogP contribution < -0.4 is 10.6 Å². The molecule has 3 heterocycles. The normalized spacial score (nSPS) is 24.6. The molecule has 0 radical (unpaired) electrons. The van der Waals surface area contributed by atoms with E-state index in [0.29, 0.717) is 18.9 Å². The lowest BCUT2D eigenvalue weighted by atomic mass is 10.0. The van der Waals surface area contributed by atoms with Gasteiger partial charge in [-0.15, -0.1) is 23.1 Å². The van der Waals surface area contributed by atoms with Crippen LogP contribution in [0.25, 0.3) is 0 Å². The van der Waals surface area contributed by atoms with Crippen LogP contribution >= 0.6 is 23.1 Å². The van der Waals surface area contributed by atoms with E-state index in [0.717, 1.165) is 36.0 Å². The van der Waals surface area contributed by atoms with Gasteiger partial charge in [-0.2, -0.15) is 0 Å². The van der Waals surface area contributed by atoms with Crippen LogP contribution in [-0.4, -0.2) is 54.0 Å². The van der Waals surface area contributed by atoms with Gasteiger partial charge in [0, 0.05) is 30.3 Å². The number of nitrogens with zero attached hydrogens (tertiary/aromatic N) is 1. The Labute approximate surface area is 138 Å². The van der Waals surface area contributed by atoms with Gasteiger partial charge in [0.25, 0.3) is 0 Å². The summed E-state index contributed by atoms with van der Waals surface area (Å²) >= 11 is 3.41. The number of rotatable bonds is 5. The third-order valence-electron chi connectivity index (χ3n) is 4.09. The lowest BCUT2D eigenvalue weighted by Gasteiger charge is -2.19. The largest absolute Gasteiger partial charge is 0.355 e. The molecule has 120 valence electrons. The first-order valence-electron chi connectivity index (χ1n) is 7.61. The highest BCUT2D eigenvalue weighted by Gasteiger charge is 2.33. The smallest absolute Gasteiger partial charge is 0.240 e. The first kappa shape index (κ1) is 15.8. The molecule has 22 heavy (non-hydrogen) atoms. The SMILES string of the molecule is O=C(Cc1cccs1)NC[C@@H]1CN[C@H](C(=O)N2CCSC2)C1. The highest BCUT2D eigenvalue weighted by molar-refractivity contribution is 7.99. The number of hydrogen-bond donors (Lipinski definition) is 2. The van der Waals surface area contributed by atoms with Crippen molar-refractivity contribution in [2.75, 3.05) is 31.3 Å². The van der Waals surface area contributed by atoms with E-state index in [1.807, 2.05) is 34.2 Å². The van der Waals surface area contributed by atoms with Crippen molar-refractivity contribution < 1.29 is 9.59 Å². The van der Waals surface area contributed by atoms with Crippen LogP contribution in [0.2, 0.25) is 0 Å².